The molecule has 3 heteroatoms. The van der Waals surface area contributed by atoms with Crippen LogP contribution in [0.2, 0.25) is 0 Å². The van der Waals surface area contributed by atoms with E-state index in [0.29, 0.717) is 0 Å². The summed E-state index contributed by atoms with van der Waals surface area (Å²) >= 11 is 0. The van der Waals surface area contributed by atoms with Crippen molar-refractivity contribution in [1.29, 1.82) is 0 Å². The van der Waals surface area contributed by atoms with E-state index in [9.17, 15) is 0 Å². The van der Waals surface area contributed by atoms with Crippen LogP contribution < -0.4 is 5.32 Å². The molecule has 16 heavy (non-hydrogen) atoms. The molecule has 3 nitrogen and oxygen atoms in total. The van der Waals surface area contributed by atoms with Gasteiger partial charge < -0.3 is 10.1 Å². The van der Waals surface area contributed by atoms with Crippen molar-refractivity contribution in [2.45, 2.75) is 51.1 Å². The van der Waals surface area contributed by atoms with Crippen molar-refractivity contribution in [3.05, 3.63) is 0 Å². The highest BCUT2D eigenvalue weighted by atomic mass is 16.5. The molecule has 0 amide bonds. The molecule has 1 atom stereocenters. The molecule has 1 N–H and O–H groups in total. The first-order chi connectivity index (χ1) is 7.86. The fourth-order valence-corrected chi connectivity index (χ4v) is 2.38. The summed E-state index contributed by atoms with van der Waals surface area (Å²) in [5.74, 6) is 0. The lowest BCUT2D eigenvalue weighted by Crippen LogP contribution is -2.35. The third-order valence-electron chi connectivity index (χ3n) is 3.69. The summed E-state index contributed by atoms with van der Waals surface area (Å²) < 4.78 is 5.49. The quantitative estimate of drug-likeness (QED) is 0.697. The van der Waals surface area contributed by atoms with Gasteiger partial charge in [-0.2, -0.15) is 0 Å². The molecule has 1 saturated heterocycles. The van der Waals surface area contributed by atoms with Crippen molar-refractivity contribution in [2.24, 2.45) is 0 Å². The van der Waals surface area contributed by atoms with Crippen LogP contribution in [-0.2, 0) is 4.74 Å². The monoisotopic (exact) mass is 226 g/mol. The zero-order valence-electron chi connectivity index (χ0n) is 10.6. The zero-order chi connectivity index (χ0) is 11.2. The minimum atomic E-state index is 0.725. The second-order valence-electron chi connectivity index (χ2n) is 5.22. The largest absolute Gasteiger partial charge is 0.380 e. The Hall–Kier alpha value is -0.120. The number of nitrogens with one attached hydrogen (secondary N) is 1. The Morgan fingerprint density at radius 3 is 3.00 bits per heavy atom. The maximum atomic E-state index is 5.49. The van der Waals surface area contributed by atoms with E-state index in [4.69, 9.17) is 4.74 Å². The Balaban J connectivity index is 1.55. The predicted molar refractivity (Wildman–Crippen MR) is 66.7 cm³/mol. The van der Waals surface area contributed by atoms with Gasteiger partial charge in [0.15, 0.2) is 0 Å². The molecule has 0 radical (unpaired) electrons. The van der Waals surface area contributed by atoms with E-state index in [-0.39, 0.29) is 0 Å². The summed E-state index contributed by atoms with van der Waals surface area (Å²) in [6, 6.07) is 1.59. The lowest BCUT2D eigenvalue weighted by Gasteiger charge is -2.27. The number of hydrogen-bond acceptors (Lipinski definition) is 3. The van der Waals surface area contributed by atoms with E-state index in [1.54, 1.807) is 0 Å². The van der Waals surface area contributed by atoms with Crippen molar-refractivity contribution in [3.63, 3.8) is 0 Å². The normalized spacial score (nSPS) is 25.3. The summed E-state index contributed by atoms with van der Waals surface area (Å²) in [7, 11) is 0. The molecule has 0 aromatic rings. The van der Waals surface area contributed by atoms with Crippen molar-refractivity contribution >= 4 is 0 Å². The maximum absolute atomic E-state index is 5.49. The Morgan fingerprint density at radius 1 is 1.31 bits per heavy atom. The van der Waals surface area contributed by atoms with Gasteiger partial charge in [0.25, 0.3) is 0 Å². The number of nitrogens with zero attached hydrogens (tertiary/aromatic N) is 1. The highest BCUT2D eigenvalue weighted by Gasteiger charge is 2.20. The Labute approximate surface area is 99.5 Å². The molecule has 0 aromatic carbocycles. The van der Waals surface area contributed by atoms with Crippen LogP contribution in [0.3, 0.4) is 0 Å². The topological polar surface area (TPSA) is 24.5 Å². The second kappa shape index (κ2) is 6.58. The van der Waals surface area contributed by atoms with Crippen LogP contribution in [0.1, 0.15) is 39.0 Å². The van der Waals surface area contributed by atoms with Gasteiger partial charge in [-0.25, -0.2) is 0 Å². The Kier molecular flexibility index (Phi) is 5.07. The minimum Gasteiger partial charge on any atom is -0.380 e. The van der Waals surface area contributed by atoms with Gasteiger partial charge in [0, 0.05) is 31.8 Å². The van der Waals surface area contributed by atoms with E-state index >= 15 is 0 Å². The number of rotatable bonds is 6. The molecular weight excluding hydrogens is 200 g/mol. The van der Waals surface area contributed by atoms with Gasteiger partial charge in [-0.3, -0.25) is 4.90 Å². The fourth-order valence-electron chi connectivity index (χ4n) is 2.38. The Bertz CT molecular complexity index is 186. The summed E-state index contributed by atoms with van der Waals surface area (Å²) in [4.78, 5) is 2.59. The van der Waals surface area contributed by atoms with Gasteiger partial charge in [-0.05, 0) is 45.6 Å². The number of ether oxygens (including phenoxy) is 1. The van der Waals surface area contributed by atoms with Gasteiger partial charge in [0.2, 0.25) is 0 Å². The third-order valence-corrected chi connectivity index (χ3v) is 3.69. The summed E-state index contributed by atoms with van der Waals surface area (Å²) in [5.41, 5.74) is 0. The fraction of sp³-hybridized carbons (Fsp3) is 1.00. The van der Waals surface area contributed by atoms with Crippen LogP contribution in [0.5, 0.6) is 0 Å². The average Bonchev–Trinajstić information content (AvgIpc) is 3.10. The van der Waals surface area contributed by atoms with Gasteiger partial charge in [-0.1, -0.05) is 0 Å². The lowest BCUT2D eigenvalue weighted by atomic mass is 10.1. The SMILES string of the molecule is CC(CCCNC1CC1)N1CCCOCC1. The van der Waals surface area contributed by atoms with Crippen LogP contribution in [0.4, 0.5) is 0 Å². The maximum Gasteiger partial charge on any atom is 0.0593 e. The van der Waals surface area contributed by atoms with Gasteiger partial charge in [0.05, 0.1) is 6.61 Å². The van der Waals surface area contributed by atoms with Crippen LogP contribution in [0.25, 0.3) is 0 Å². The minimum absolute atomic E-state index is 0.725. The van der Waals surface area contributed by atoms with Crippen molar-refractivity contribution in [3.8, 4) is 0 Å². The van der Waals surface area contributed by atoms with Crippen LogP contribution in [0.15, 0.2) is 0 Å². The standard InChI is InChI=1S/C13H26N2O/c1-12(4-2-7-14-13-5-6-13)15-8-3-10-16-11-9-15/h12-14H,2-11H2,1H3. The van der Waals surface area contributed by atoms with E-state index in [1.807, 2.05) is 0 Å². The summed E-state index contributed by atoms with van der Waals surface area (Å²) in [5, 5.41) is 3.58. The van der Waals surface area contributed by atoms with Crippen LogP contribution in [-0.4, -0.2) is 49.8 Å². The summed E-state index contributed by atoms with van der Waals surface area (Å²) in [6.07, 6.45) is 6.64. The Morgan fingerprint density at radius 2 is 2.19 bits per heavy atom. The van der Waals surface area contributed by atoms with Gasteiger partial charge in [0.1, 0.15) is 0 Å². The smallest absolute Gasteiger partial charge is 0.0593 e. The highest BCUT2D eigenvalue weighted by Crippen LogP contribution is 2.18. The molecular formula is C13H26N2O. The van der Waals surface area contributed by atoms with Crippen molar-refractivity contribution < 1.29 is 4.74 Å². The van der Waals surface area contributed by atoms with Crippen molar-refractivity contribution in [1.82, 2.24) is 10.2 Å². The van der Waals surface area contributed by atoms with Gasteiger partial charge in [-0.15, -0.1) is 0 Å². The molecule has 1 aliphatic carbocycles. The second-order valence-corrected chi connectivity index (χ2v) is 5.22. The molecule has 1 aliphatic heterocycles. The number of hydrogen-bond donors (Lipinski definition) is 1. The molecule has 2 fully saturated rings. The zero-order valence-corrected chi connectivity index (χ0v) is 10.6. The van der Waals surface area contributed by atoms with E-state index in [0.717, 1.165) is 31.8 Å². The highest BCUT2D eigenvalue weighted by molar-refractivity contribution is 4.80. The summed E-state index contributed by atoms with van der Waals surface area (Å²) in [6.45, 7) is 7.79. The van der Waals surface area contributed by atoms with Crippen molar-refractivity contribution in [2.75, 3.05) is 32.8 Å². The first-order valence-electron chi connectivity index (χ1n) is 6.91. The van der Waals surface area contributed by atoms with E-state index < -0.39 is 0 Å². The molecule has 0 aromatic heterocycles. The molecule has 2 rings (SSSR count). The van der Waals surface area contributed by atoms with Crippen LogP contribution in [0, 0.1) is 0 Å². The predicted octanol–water partition coefficient (Wildman–Crippen LogP) is 1.63. The third kappa shape index (κ3) is 4.40. The molecule has 1 saturated carbocycles. The first-order valence-corrected chi connectivity index (χ1v) is 6.91. The average molecular weight is 226 g/mol. The van der Waals surface area contributed by atoms with E-state index in [1.165, 1.54) is 45.2 Å². The first kappa shape index (κ1) is 12.3. The van der Waals surface area contributed by atoms with E-state index in [2.05, 4.69) is 17.1 Å². The molecule has 1 heterocycles. The molecule has 1 unspecified atom stereocenters. The lowest BCUT2D eigenvalue weighted by molar-refractivity contribution is 0.132. The molecule has 0 spiro atoms. The molecule has 94 valence electrons. The van der Waals surface area contributed by atoms with Gasteiger partial charge >= 0.3 is 0 Å². The molecule has 0 bridgehead atoms. The van der Waals surface area contributed by atoms with Crippen LogP contribution >= 0.6 is 0 Å². The molecule has 2 aliphatic rings.